The number of hydrogen-bond acceptors (Lipinski definition) is 2. The highest BCUT2D eigenvalue weighted by molar-refractivity contribution is 5.85. The van der Waals surface area contributed by atoms with E-state index in [9.17, 15) is 26.3 Å². The molecule has 0 aliphatic heterocycles. The highest BCUT2D eigenvalue weighted by Crippen LogP contribution is 2.41. The zero-order valence-corrected chi connectivity index (χ0v) is 13.1. The largest absolute Gasteiger partial charge is 0.663 e. The summed E-state index contributed by atoms with van der Waals surface area (Å²) >= 11 is 0. The predicted octanol–water partition coefficient (Wildman–Crippen LogP) is 5.68. The third-order valence-corrected chi connectivity index (χ3v) is 3.80. The lowest BCUT2D eigenvalue weighted by Gasteiger charge is -2.26. The summed E-state index contributed by atoms with van der Waals surface area (Å²) in [5.74, 6) is -4.31. The molecule has 0 saturated heterocycles. The molecule has 1 N–H and O–H groups in total. The Morgan fingerprint density at radius 3 is 2.31 bits per heavy atom. The fraction of sp³-hybridized carbons (Fsp3) is 0.176. The minimum absolute atomic E-state index is 0.0955. The number of rotatable bonds is 2. The predicted molar refractivity (Wildman–Crippen MR) is 82.7 cm³/mol. The van der Waals surface area contributed by atoms with Gasteiger partial charge in [0.15, 0.2) is 17.5 Å². The quantitative estimate of drug-likeness (QED) is 0.431. The lowest BCUT2D eigenvalue weighted by atomic mass is 9.98. The lowest BCUT2D eigenvalue weighted by Crippen LogP contribution is -2.18. The molecule has 0 saturated carbocycles. The van der Waals surface area contributed by atoms with Crippen molar-refractivity contribution in [3.05, 3.63) is 64.9 Å². The van der Waals surface area contributed by atoms with Crippen molar-refractivity contribution in [2.45, 2.75) is 19.1 Å². The fourth-order valence-corrected chi connectivity index (χ4v) is 2.49. The maximum absolute atomic E-state index is 14.0. The number of aromatic nitrogens is 2. The Balaban J connectivity index is 2.38. The molecule has 1 aromatic carbocycles. The number of nitrogens with one attached hydrogen (secondary N) is 1. The number of alkyl halides is 3. The van der Waals surface area contributed by atoms with Crippen LogP contribution in [0.15, 0.2) is 30.5 Å². The highest BCUT2D eigenvalue weighted by Gasteiger charge is 2.34. The number of halogens is 6. The summed E-state index contributed by atoms with van der Waals surface area (Å²) < 4.78 is 80.6. The van der Waals surface area contributed by atoms with Gasteiger partial charge in [-0.1, -0.05) is 0 Å². The third-order valence-electron chi connectivity index (χ3n) is 3.80. The van der Waals surface area contributed by atoms with Crippen LogP contribution in [-0.4, -0.2) is 16.1 Å². The molecule has 3 rings (SSSR count). The molecule has 0 fully saturated rings. The van der Waals surface area contributed by atoms with E-state index < -0.39 is 46.1 Å². The maximum atomic E-state index is 14.0. The number of benzene rings is 1. The summed E-state index contributed by atoms with van der Waals surface area (Å²) in [5, 5.41) is -0.761. The molecule has 2 aromatic heterocycles. The zero-order chi connectivity index (χ0) is 19.2. The van der Waals surface area contributed by atoms with Crippen LogP contribution in [0.3, 0.4) is 0 Å². The second kappa shape index (κ2) is 6.24. The van der Waals surface area contributed by atoms with E-state index in [4.69, 9.17) is 5.73 Å². The number of fused-ring (bicyclic) bond motifs is 1. The van der Waals surface area contributed by atoms with Gasteiger partial charge in [-0.25, -0.2) is 18.2 Å². The fourth-order valence-electron chi connectivity index (χ4n) is 2.49. The van der Waals surface area contributed by atoms with E-state index in [1.54, 1.807) is 6.92 Å². The van der Waals surface area contributed by atoms with E-state index in [2.05, 4.69) is 9.97 Å². The normalized spacial score (nSPS) is 13.2. The van der Waals surface area contributed by atoms with Crippen molar-refractivity contribution in [1.82, 2.24) is 9.97 Å². The Morgan fingerprint density at radius 2 is 1.73 bits per heavy atom. The van der Waals surface area contributed by atoms with E-state index in [0.29, 0.717) is 11.8 Å². The molecule has 0 amide bonds. The summed E-state index contributed by atoms with van der Waals surface area (Å²) in [4.78, 5) is 7.71. The molecular formula is C17H10F6N3-. The van der Waals surface area contributed by atoms with Crippen molar-refractivity contribution in [3.8, 4) is 11.3 Å². The Kier molecular flexibility index (Phi) is 4.35. The van der Waals surface area contributed by atoms with Gasteiger partial charge in [0.25, 0.3) is 0 Å². The number of aryl methyl sites for hydroxylation is 1. The average Bonchev–Trinajstić information content (AvgIpc) is 2.58. The van der Waals surface area contributed by atoms with Crippen molar-refractivity contribution >= 4 is 10.9 Å². The van der Waals surface area contributed by atoms with Crippen LogP contribution in [0.25, 0.3) is 27.9 Å². The van der Waals surface area contributed by atoms with Crippen molar-refractivity contribution in [2.24, 2.45) is 0 Å². The first kappa shape index (κ1) is 18.1. The molecule has 0 aliphatic rings. The van der Waals surface area contributed by atoms with E-state index >= 15 is 0 Å². The average molecular weight is 370 g/mol. The molecule has 3 aromatic rings. The van der Waals surface area contributed by atoms with E-state index in [-0.39, 0.29) is 17.3 Å². The monoisotopic (exact) mass is 370 g/mol. The maximum Gasteiger partial charge on any atom is 0.377 e. The number of pyridine rings is 2. The molecule has 0 radical (unpaired) electrons. The topological polar surface area (TPSA) is 49.6 Å². The molecule has 26 heavy (non-hydrogen) atoms. The molecule has 9 heteroatoms. The first-order valence-electron chi connectivity index (χ1n) is 7.28. The minimum Gasteiger partial charge on any atom is -0.663 e. The third kappa shape index (κ3) is 3.10. The van der Waals surface area contributed by atoms with Gasteiger partial charge in [-0.05, 0) is 36.7 Å². The molecule has 0 spiro atoms. The lowest BCUT2D eigenvalue weighted by molar-refractivity contribution is -0.139. The SMILES string of the molecule is Cc1ccc(-c2nc3c(F)cc(F)c(F)c3cc2[C@@H]([NH-])C(F)(F)F)cn1. The van der Waals surface area contributed by atoms with Gasteiger partial charge in [0, 0.05) is 28.9 Å². The molecule has 136 valence electrons. The zero-order valence-electron chi connectivity index (χ0n) is 13.1. The van der Waals surface area contributed by atoms with Crippen molar-refractivity contribution in [3.63, 3.8) is 0 Å². The van der Waals surface area contributed by atoms with Crippen LogP contribution in [0, 0.1) is 24.4 Å². The van der Waals surface area contributed by atoms with E-state index in [1.807, 2.05) is 0 Å². The van der Waals surface area contributed by atoms with Gasteiger partial charge < -0.3 is 5.73 Å². The van der Waals surface area contributed by atoms with Crippen LogP contribution >= 0.6 is 0 Å². The number of nitrogens with zero attached hydrogens (tertiary/aromatic N) is 2. The minimum atomic E-state index is -4.98. The molecule has 0 unspecified atom stereocenters. The Labute approximate surface area is 143 Å². The van der Waals surface area contributed by atoms with Crippen LogP contribution in [-0.2, 0) is 0 Å². The highest BCUT2D eigenvalue weighted by atomic mass is 19.4. The van der Waals surface area contributed by atoms with E-state index in [1.165, 1.54) is 18.3 Å². The van der Waals surface area contributed by atoms with Gasteiger partial charge >= 0.3 is 6.18 Å². The molecule has 1 atom stereocenters. The van der Waals surface area contributed by atoms with Crippen molar-refractivity contribution in [1.29, 1.82) is 0 Å². The second-order valence-electron chi connectivity index (χ2n) is 5.64. The van der Waals surface area contributed by atoms with Crippen LogP contribution in [0.2, 0.25) is 0 Å². The van der Waals surface area contributed by atoms with Gasteiger partial charge in [-0.15, -0.1) is 0 Å². The van der Waals surface area contributed by atoms with Gasteiger partial charge in [0.2, 0.25) is 0 Å². The first-order chi connectivity index (χ1) is 12.1. The van der Waals surface area contributed by atoms with Crippen LogP contribution < -0.4 is 0 Å². The molecule has 0 bridgehead atoms. The van der Waals surface area contributed by atoms with Crippen LogP contribution in [0.1, 0.15) is 17.3 Å². The molecular weight excluding hydrogens is 360 g/mol. The smallest absolute Gasteiger partial charge is 0.377 e. The Bertz CT molecular complexity index is 983. The standard InChI is InChI=1S/C17H10F6N3/c1-7-2-3-8(6-25-7)14-10(16(24)17(21,22)23)4-9-13(20)11(18)5-12(19)15(9)26-14/h2-6,16,24H,1H3/q-1/t16-/m1/s1. The van der Waals surface area contributed by atoms with Crippen molar-refractivity contribution < 1.29 is 26.3 Å². The molecule has 2 heterocycles. The van der Waals surface area contributed by atoms with E-state index in [0.717, 1.165) is 0 Å². The van der Waals surface area contributed by atoms with Crippen LogP contribution in [0.4, 0.5) is 26.3 Å². The second-order valence-corrected chi connectivity index (χ2v) is 5.64. The summed E-state index contributed by atoms with van der Waals surface area (Å²) in [5.41, 5.74) is 6.41. The van der Waals surface area contributed by atoms with Gasteiger partial charge in [-0.2, -0.15) is 13.2 Å². The van der Waals surface area contributed by atoms with Gasteiger partial charge in [0.1, 0.15) is 5.52 Å². The van der Waals surface area contributed by atoms with Gasteiger partial charge in [-0.3, -0.25) is 4.98 Å². The number of hydrogen-bond donors (Lipinski definition) is 0. The summed E-state index contributed by atoms with van der Waals surface area (Å²) in [7, 11) is 0. The summed E-state index contributed by atoms with van der Waals surface area (Å²) in [6.45, 7) is 1.65. The van der Waals surface area contributed by atoms with Gasteiger partial charge in [0.05, 0.1) is 5.69 Å². The summed E-state index contributed by atoms with van der Waals surface area (Å²) in [6.07, 6.45) is -3.77. The van der Waals surface area contributed by atoms with Crippen molar-refractivity contribution in [2.75, 3.05) is 0 Å². The molecule has 3 nitrogen and oxygen atoms in total. The first-order valence-corrected chi connectivity index (χ1v) is 7.28. The van der Waals surface area contributed by atoms with Crippen LogP contribution in [0.5, 0.6) is 0 Å². The molecule has 0 aliphatic carbocycles. The summed E-state index contributed by atoms with van der Waals surface area (Å²) in [6, 6.07) is 1.01. The Hall–Kier alpha value is -2.68. The Morgan fingerprint density at radius 1 is 1.04 bits per heavy atom.